The van der Waals surface area contributed by atoms with Gasteiger partial charge >= 0.3 is 126 Å². The minimum absolute atomic E-state index is 0.00915. The molecule has 0 saturated heterocycles. The molecule has 0 bridgehead atoms. The minimum atomic E-state index is -0.00915. The molecule has 0 atom stereocenters. The molecule has 0 spiro atoms. The summed E-state index contributed by atoms with van der Waals surface area (Å²) in [6.45, 7) is 3.22. The van der Waals surface area contributed by atoms with Crippen molar-refractivity contribution in [2.75, 3.05) is 5.32 Å². The Bertz CT molecular complexity index is 482. The van der Waals surface area contributed by atoms with Crippen molar-refractivity contribution in [1.29, 1.82) is 0 Å². The molecule has 100 valence electrons. The Balaban J connectivity index is 1.95. The van der Waals surface area contributed by atoms with E-state index in [2.05, 4.69) is 66.8 Å². The Labute approximate surface area is 126 Å². The van der Waals surface area contributed by atoms with Crippen molar-refractivity contribution in [2.24, 2.45) is 0 Å². The van der Waals surface area contributed by atoms with Gasteiger partial charge in [-0.1, -0.05) is 0 Å². The molecule has 0 amide bonds. The van der Waals surface area contributed by atoms with Crippen LogP contribution >= 0.6 is 0 Å². The van der Waals surface area contributed by atoms with E-state index in [0.717, 1.165) is 6.54 Å². The standard InChI is InChI=1S/C17H21NTe/c1-2-3-13-19-17-12-8-7-9-15(17)14-18-16-10-5-4-6-11-16/h4-12,18H,2-3,13-14H2,1H3. The fourth-order valence-electron chi connectivity index (χ4n) is 1.87. The van der Waals surface area contributed by atoms with Crippen LogP contribution in [-0.4, -0.2) is 20.9 Å². The van der Waals surface area contributed by atoms with Gasteiger partial charge in [-0.25, -0.2) is 0 Å². The number of rotatable bonds is 7. The number of nitrogens with one attached hydrogen (secondary N) is 1. The van der Waals surface area contributed by atoms with Gasteiger partial charge in [0.2, 0.25) is 0 Å². The second-order valence-electron chi connectivity index (χ2n) is 4.53. The molecule has 0 unspecified atom stereocenters. The van der Waals surface area contributed by atoms with Gasteiger partial charge in [-0.15, -0.1) is 0 Å². The van der Waals surface area contributed by atoms with Crippen LogP contribution in [0.2, 0.25) is 4.47 Å². The molecular weight excluding hydrogens is 346 g/mol. The van der Waals surface area contributed by atoms with Crippen molar-refractivity contribution >= 4 is 30.2 Å². The van der Waals surface area contributed by atoms with E-state index in [9.17, 15) is 0 Å². The maximum atomic E-state index is 3.51. The summed E-state index contributed by atoms with van der Waals surface area (Å²) in [7, 11) is 0. The first-order valence-electron chi connectivity index (χ1n) is 6.90. The van der Waals surface area contributed by atoms with E-state index in [0.29, 0.717) is 0 Å². The Morgan fingerprint density at radius 2 is 1.68 bits per heavy atom. The zero-order valence-corrected chi connectivity index (χ0v) is 13.8. The van der Waals surface area contributed by atoms with Crippen LogP contribution in [0, 0.1) is 0 Å². The van der Waals surface area contributed by atoms with Gasteiger partial charge in [0.05, 0.1) is 0 Å². The van der Waals surface area contributed by atoms with Gasteiger partial charge in [0, 0.05) is 0 Å². The summed E-state index contributed by atoms with van der Waals surface area (Å²) in [5, 5.41) is 3.51. The average Bonchev–Trinajstić information content (AvgIpc) is 2.48. The van der Waals surface area contributed by atoms with Crippen LogP contribution in [0.1, 0.15) is 25.3 Å². The summed E-state index contributed by atoms with van der Waals surface area (Å²) in [6, 6.07) is 19.4. The first-order valence-corrected chi connectivity index (χ1v) is 9.71. The molecule has 0 aliphatic carbocycles. The second-order valence-corrected chi connectivity index (χ2v) is 7.77. The summed E-state index contributed by atoms with van der Waals surface area (Å²) >= 11 is -0.00915. The number of para-hydroxylation sites is 1. The zero-order valence-electron chi connectivity index (χ0n) is 11.4. The molecule has 0 fully saturated rings. The third-order valence-corrected chi connectivity index (χ3v) is 6.42. The van der Waals surface area contributed by atoms with Crippen molar-refractivity contribution < 1.29 is 0 Å². The third-order valence-electron chi connectivity index (χ3n) is 2.98. The number of benzene rings is 2. The van der Waals surface area contributed by atoms with E-state index < -0.39 is 0 Å². The summed E-state index contributed by atoms with van der Waals surface area (Å²) in [4.78, 5) is 0. The normalized spacial score (nSPS) is 10.4. The van der Waals surface area contributed by atoms with Crippen molar-refractivity contribution in [1.82, 2.24) is 0 Å². The van der Waals surface area contributed by atoms with Crippen LogP contribution in [0.15, 0.2) is 54.6 Å². The SMILES string of the molecule is CCCC[Te]c1ccccc1CNc1ccccc1. The van der Waals surface area contributed by atoms with E-state index in [4.69, 9.17) is 0 Å². The Kier molecular flexibility index (Phi) is 6.27. The van der Waals surface area contributed by atoms with Gasteiger partial charge in [0.25, 0.3) is 0 Å². The molecule has 2 rings (SSSR count). The van der Waals surface area contributed by atoms with Gasteiger partial charge < -0.3 is 0 Å². The molecule has 0 aliphatic rings. The topological polar surface area (TPSA) is 12.0 Å². The van der Waals surface area contributed by atoms with Crippen LogP contribution in [0.3, 0.4) is 0 Å². The first kappa shape index (κ1) is 14.4. The molecule has 0 heterocycles. The Hall–Kier alpha value is -0.970. The third kappa shape index (κ3) is 4.90. The van der Waals surface area contributed by atoms with Crippen LogP contribution in [-0.2, 0) is 6.54 Å². The molecule has 0 radical (unpaired) electrons. The van der Waals surface area contributed by atoms with Crippen LogP contribution in [0.25, 0.3) is 0 Å². The number of anilines is 1. The zero-order chi connectivity index (χ0) is 13.3. The first-order chi connectivity index (χ1) is 9.40. The molecular formula is C17H21NTe. The molecule has 0 aromatic heterocycles. The summed E-state index contributed by atoms with van der Waals surface area (Å²) < 4.78 is 3.04. The quantitative estimate of drug-likeness (QED) is 0.579. The molecule has 2 aromatic rings. The molecule has 2 heteroatoms. The predicted octanol–water partition coefficient (Wildman–Crippen LogP) is 3.85. The monoisotopic (exact) mass is 369 g/mol. The van der Waals surface area contributed by atoms with Crippen LogP contribution in [0.5, 0.6) is 0 Å². The van der Waals surface area contributed by atoms with E-state index in [1.54, 1.807) is 3.61 Å². The second kappa shape index (κ2) is 8.25. The number of hydrogen-bond acceptors (Lipinski definition) is 1. The molecule has 0 saturated carbocycles. The average molecular weight is 367 g/mol. The Morgan fingerprint density at radius 1 is 0.947 bits per heavy atom. The van der Waals surface area contributed by atoms with Crippen molar-refractivity contribution in [3.63, 3.8) is 0 Å². The van der Waals surface area contributed by atoms with Gasteiger partial charge in [-0.3, -0.25) is 0 Å². The molecule has 0 aliphatic heterocycles. The number of hydrogen-bond donors (Lipinski definition) is 1. The van der Waals surface area contributed by atoms with Gasteiger partial charge in [0.1, 0.15) is 0 Å². The predicted molar refractivity (Wildman–Crippen MR) is 85.3 cm³/mol. The summed E-state index contributed by atoms with van der Waals surface area (Å²) in [5.74, 6) is 0. The molecule has 1 nitrogen and oxygen atoms in total. The molecule has 2 aromatic carbocycles. The van der Waals surface area contributed by atoms with E-state index in [1.807, 2.05) is 0 Å². The van der Waals surface area contributed by atoms with Gasteiger partial charge in [0.15, 0.2) is 0 Å². The van der Waals surface area contributed by atoms with Crippen LogP contribution < -0.4 is 8.93 Å². The van der Waals surface area contributed by atoms with E-state index >= 15 is 0 Å². The van der Waals surface area contributed by atoms with Crippen molar-refractivity contribution in [3.05, 3.63) is 60.2 Å². The van der Waals surface area contributed by atoms with Crippen molar-refractivity contribution in [3.8, 4) is 0 Å². The van der Waals surface area contributed by atoms with Gasteiger partial charge in [-0.05, 0) is 0 Å². The molecule has 1 N–H and O–H groups in total. The molecule has 19 heavy (non-hydrogen) atoms. The maximum absolute atomic E-state index is 3.51. The summed E-state index contributed by atoms with van der Waals surface area (Å²) in [6.07, 6.45) is 2.69. The fourth-order valence-corrected chi connectivity index (χ4v) is 5.16. The van der Waals surface area contributed by atoms with Gasteiger partial charge in [-0.2, -0.15) is 0 Å². The van der Waals surface area contributed by atoms with E-state index in [-0.39, 0.29) is 20.9 Å². The fraction of sp³-hybridized carbons (Fsp3) is 0.294. The van der Waals surface area contributed by atoms with E-state index in [1.165, 1.54) is 28.6 Å². The summed E-state index contributed by atoms with van der Waals surface area (Å²) in [5.41, 5.74) is 2.68. The van der Waals surface area contributed by atoms with Crippen molar-refractivity contribution in [2.45, 2.75) is 30.8 Å². The van der Waals surface area contributed by atoms with Crippen LogP contribution in [0.4, 0.5) is 5.69 Å². The Morgan fingerprint density at radius 3 is 2.47 bits per heavy atom. The number of unbranched alkanes of at least 4 members (excludes halogenated alkanes) is 1.